The highest BCUT2D eigenvalue weighted by atomic mass is 32.2. The SMILES string of the molecule is O=C1C(Sc2nc3ncncc3[nH]2)CCN1c1c(F)cccc1F. The van der Waals surface area contributed by atoms with E-state index in [2.05, 4.69) is 19.9 Å². The van der Waals surface area contributed by atoms with Crippen molar-refractivity contribution in [1.82, 2.24) is 19.9 Å². The van der Waals surface area contributed by atoms with E-state index >= 15 is 0 Å². The number of nitrogens with zero attached hydrogens (tertiary/aromatic N) is 4. The van der Waals surface area contributed by atoms with Crippen molar-refractivity contribution in [3.63, 3.8) is 0 Å². The Kier molecular flexibility index (Phi) is 3.64. The Morgan fingerprint density at radius 1 is 1.29 bits per heavy atom. The summed E-state index contributed by atoms with van der Waals surface area (Å²) in [4.78, 5) is 28.9. The van der Waals surface area contributed by atoms with Crippen LogP contribution in [0.1, 0.15) is 6.42 Å². The number of carbonyl (C=O) groups is 1. The maximum atomic E-state index is 13.9. The Hall–Kier alpha value is -2.55. The number of rotatable bonds is 3. The van der Waals surface area contributed by atoms with Gasteiger partial charge >= 0.3 is 0 Å². The fourth-order valence-corrected chi connectivity index (χ4v) is 3.69. The lowest BCUT2D eigenvalue weighted by atomic mass is 10.2. The highest BCUT2D eigenvalue weighted by Crippen LogP contribution is 2.34. The summed E-state index contributed by atoms with van der Waals surface area (Å²) in [6, 6.07) is 3.56. The smallest absolute Gasteiger partial charge is 0.240 e. The molecule has 0 aliphatic carbocycles. The normalized spacial score (nSPS) is 17.8. The molecule has 4 rings (SSSR count). The third-order valence-electron chi connectivity index (χ3n) is 3.76. The van der Waals surface area contributed by atoms with Crippen molar-refractivity contribution in [3.8, 4) is 0 Å². The first-order chi connectivity index (χ1) is 11.6. The molecule has 1 saturated heterocycles. The van der Waals surface area contributed by atoms with Gasteiger partial charge in [-0.15, -0.1) is 0 Å². The summed E-state index contributed by atoms with van der Waals surface area (Å²) >= 11 is 1.22. The lowest BCUT2D eigenvalue weighted by Crippen LogP contribution is -2.29. The highest BCUT2D eigenvalue weighted by molar-refractivity contribution is 8.00. The quantitative estimate of drug-likeness (QED) is 0.788. The Morgan fingerprint density at radius 3 is 2.83 bits per heavy atom. The van der Waals surface area contributed by atoms with E-state index in [0.717, 1.165) is 17.0 Å². The van der Waals surface area contributed by atoms with Crippen LogP contribution >= 0.6 is 11.8 Å². The van der Waals surface area contributed by atoms with Crippen LogP contribution in [-0.2, 0) is 4.79 Å². The fourth-order valence-electron chi connectivity index (χ4n) is 2.66. The van der Waals surface area contributed by atoms with Crippen LogP contribution in [0.4, 0.5) is 14.5 Å². The second-order valence-corrected chi connectivity index (χ2v) is 6.45. The molecule has 1 aliphatic heterocycles. The first kappa shape index (κ1) is 15.0. The predicted octanol–water partition coefficient (Wildman–Crippen LogP) is 2.53. The van der Waals surface area contributed by atoms with Crippen LogP contribution in [0.5, 0.6) is 0 Å². The third kappa shape index (κ3) is 2.50. The van der Waals surface area contributed by atoms with E-state index in [4.69, 9.17) is 0 Å². The molecular formula is C15H11F2N5OS. The van der Waals surface area contributed by atoms with Gasteiger partial charge in [-0.05, 0) is 18.6 Å². The molecule has 1 atom stereocenters. The standard InChI is InChI=1S/C15H11F2N5OS/c16-8-2-1-3-9(17)12(8)22-5-4-11(14(22)23)24-15-20-10-6-18-7-19-13(10)21-15/h1-3,6-7,11H,4-5H2,(H,18,19,20,21). The van der Waals surface area contributed by atoms with E-state index in [0.29, 0.717) is 22.7 Å². The Labute approximate surface area is 139 Å². The van der Waals surface area contributed by atoms with E-state index in [1.807, 2.05) is 0 Å². The molecule has 0 radical (unpaired) electrons. The fraction of sp³-hybridized carbons (Fsp3) is 0.200. The van der Waals surface area contributed by atoms with E-state index in [1.54, 1.807) is 6.20 Å². The second kappa shape index (κ2) is 5.82. The molecule has 2 aromatic heterocycles. The number of aromatic nitrogens is 4. The number of amides is 1. The topological polar surface area (TPSA) is 74.8 Å². The first-order valence-electron chi connectivity index (χ1n) is 7.21. The summed E-state index contributed by atoms with van der Waals surface area (Å²) in [6.07, 6.45) is 3.46. The van der Waals surface area contributed by atoms with Gasteiger partial charge in [-0.1, -0.05) is 17.8 Å². The van der Waals surface area contributed by atoms with E-state index < -0.39 is 16.9 Å². The van der Waals surface area contributed by atoms with Gasteiger partial charge in [0.05, 0.1) is 11.4 Å². The number of anilines is 1. The van der Waals surface area contributed by atoms with Crippen molar-refractivity contribution in [1.29, 1.82) is 0 Å². The van der Waals surface area contributed by atoms with Gasteiger partial charge in [-0.3, -0.25) is 4.79 Å². The lowest BCUT2D eigenvalue weighted by Gasteiger charge is -2.17. The Bertz CT molecular complexity index is 878. The number of thioether (sulfide) groups is 1. The average molecular weight is 347 g/mol. The number of halogens is 2. The molecule has 3 aromatic rings. The Balaban J connectivity index is 1.57. The molecule has 1 N–H and O–H groups in total. The van der Waals surface area contributed by atoms with E-state index in [1.165, 1.54) is 24.2 Å². The molecule has 6 nitrogen and oxygen atoms in total. The number of aromatic amines is 1. The van der Waals surface area contributed by atoms with Crippen molar-refractivity contribution < 1.29 is 13.6 Å². The largest absolute Gasteiger partial charge is 0.330 e. The highest BCUT2D eigenvalue weighted by Gasteiger charge is 2.36. The molecule has 24 heavy (non-hydrogen) atoms. The number of imidazole rings is 1. The molecule has 1 aliphatic rings. The van der Waals surface area contributed by atoms with Crippen molar-refractivity contribution in [2.24, 2.45) is 0 Å². The zero-order valence-electron chi connectivity index (χ0n) is 12.2. The van der Waals surface area contributed by atoms with Crippen LogP contribution in [0.3, 0.4) is 0 Å². The minimum Gasteiger partial charge on any atom is -0.330 e. The monoisotopic (exact) mass is 347 g/mol. The van der Waals surface area contributed by atoms with Crippen molar-refractivity contribution in [2.75, 3.05) is 11.4 Å². The molecule has 1 amide bonds. The maximum Gasteiger partial charge on any atom is 0.240 e. The van der Waals surface area contributed by atoms with Gasteiger partial charge in [-0.2, -0.15) is 0 Å². The molecule has 9 heteroatoms. The number of para-hydroxylation sites is 1. The van der Waals surface area contributed by atoms with Crippen molar-refractivity contribution >= 4 is 34.5 Å². The molecular weight excluding hydrogens is 336 g/mol. The number of benzene rings is 1. The molecule has 122 valence electrons. The number of fused-ring (bicyclic) bond motifs is 1. The lowest BCUT2D eigenvalue weighted by molar-refractivity contribution is -0.116. The molecule has 0 saturated carbocycles. The molecule has 0 spiro atoms. The third-order valence-corrected chi connectivity index (χ3v) is 4.90. The minimum atomic E-state index is -0.743. The number of hydrogen-bond acceptors (Lipinski definition) is 5. The first-order valence-corrected chi connectivity index (χ1v) is 8.09. The average Bonchev–Trinajstić information content (AvgIpc) is 3.12. The van der Waals surface area contributed by atoms with Gasteiger partial charge in [0.1, 0.15) is 29.2 Å². The van der Waals surface area contributed by atoms with Crippen molar-refractivity contribution in [2.45, 2.75) is 16.8 Å². The Morgan fingerprint density at radius 2 is 2.08 bits per heavy atom. The molecule has 1 aromatic carbocycles. The summed E-state index contributed by atoms with van der Waals surface area (Å²) in [6.45, 7) is 0.258. The summed E-state index contributed by atoms with van der Waals surface area (Å²) in [5.41, 5.74) is 0.887. The summed E-state index contributed by atoms with van der Waals surface area (Å²) < 4.78 is 27.8. The van der Waals surface area contributed by atoms with Gasteiger partial charge in [0.2, 0.25) is 5.91 Å². The van der Waals surface area contributed by atoms with Gasteiger partial charge < -0.3 is 9.88 Å². The molecule has 1 fully saturated rings. The summed E-state index contributed by atoms with van der Waals surface area (Å²) in [5, 5.41) is 0.0669. The van der Waals surface area contributed by atoms with Crippen LogP contribution in [-0.4, -0.2) is 37.6 Å². The van der Waals surface area contributed by atoms with Crippen LogP contribution in [0.15, 0.2) is 35.9 Å². The van der Waals surface area contributed by atoms with Gasteiger partial charge in [0.25, 0.3) is 0 Å². The number of hydrogen-bond donors (Lipinski definition) is 1. The molecule has 3 heterocycles. The molecule has 1 unspecified atom stereocenters. The van der Waals surface area contributed by atoms with Crippen LogP contribution in [0, 0.1) is 11.6 Å². The summed E-state index contributed by atoms with van der Waals surface area (Å²) in [5.74, 6) is -1.82. The molecule has 0 bridgehead atoms. The number of nitrogens with one attached hydrogen (secondary N) is 1. The van der Waals surface area contributed by atoms with Gasteiger partial charge in [-0.25, -0.2) is 23.7 Å². The predicted molar refractivity (Wildman–Crippen MR) is 84.7 cm³/mol. The minimum absolute atomic E-state index is 0.258. The van der Waals surface area contributed by atoms with Crippen LogP contribution in [0.2, 0.25) is 0 Å². The van der Waals surface area contributed by atoms with Gasteiger partial charge in [0, 0.05) is 6.54 Å². The summed E-state index contributed by atoms with van der Waals surface area (Å²) in [7, 11) is 0. The maximum absolute atomic E-state index is 13.9. The number of carbonyl (C=O) groups excluding carboxylic acids is 1. The number of H-pyrrole nitrogens is 1. The van der Waals surface area contributed by atoms with Crippen LogP contribution in [0.25, 0.3) is 11.2 Å². The second-order valence-electron chi connectivity index (χ2n) is 5.26. The van der Waals surface area contributed by atoms with E-state index in [-0.39, 0.29) is 18.1 Å². The van der Waals surface area contributed by atoms with Crippen molar-refractivity contribution in [3.05, 3.63) is 42.4 Å². The van der Waals surface area contributed by atoms with Gasteiger partial charge in [0.15, 0.2) is 10.8 Å². The zero-order chi connectivity index (χ0) is 16.7. The van der Waals surface area contributed by atoms with Crippen LogP contribution < -0.4 is 4.90 Å². The van der Waals surface area contributed by atoms with E-state index in [9.17, 15) is 13.6 Å². The zero-order valence-corrected chi connectivity index (χ0v) is 13.1.